The molecule has 0 aliphatic heterocycles. The van der Waals surface area contributed by atoms with E-state index < -0.39 is 11.6 Å². The number of aromatic nitrogens is 1. The quantitative estimate of drug-likeness (QED) is 0.317. The normalized spacial score (nSPS) is 18.7. The Morgan fingerprint density at radius 1 is 1.30 bits per heavy atom. The number of benzene rings is 2. The molecular weight excluding hydrogens is 477 g/mol. The predicted octanol–water partition coefficient (Wildman–Crippen LogP) is 4.54. The highest BCUT2D eigenvalue weighted by Gasteiger charge is 2.46. The Balaban J connectivity index is 1.49. The van der Waals surface area contributed by atoms with Gasteiger partial charge in [0.05, 0.1) is 21.1 Å². The minimum Gasteiger partial charge on any atom is -0.493 e. The zero-order valence-corrected chi connectivity index (χ0v) is 22.0. The molecule has 0 bridgehead atoms. The van der Waals surface area contributed by atoms with Gasteiger partial charge in [0.15, 0.2) is 11.3 Å². The van der Waals surface area contributed by atoms with E-state index in [1.807, 2.05) is 18.2 Å². The Bertz CT molecular complexity index is 1200. The summed E-state index contributed by atoms with van der Waals surface area (Å²) in [6.45, 7) is 3.97. The van der Waals surface area contributed by atoms with E-state index in [2.05, 4.69) is 32.7 Å². The Kier molecular flexibility index (Phi) is 7.16. The van der Waals surface area contributed by atoms with Gasteiger partial charge in [-0.3, -0.25) is 0 Å². The second kappa shape index (κ2) is 9.61. The smallest absolute Gasteiger partial charge is 0.227 e. The average molecular weight is 503 g/mol. The summed E-state index contributed by atoms with van der Waals surface area (Å²) in [6, 6.07) is 8.74. The fourth-order valence-electron chi connectivity index (χ4n) is 3.49. The van der Waals surface area contributed by atoms with Crippen LogP contribution in [0.2, 0.25) is 5.82 Å². The van der Waals surface area contributed by atoms with E-state index >= 15 is 4.39 Å². The van der Waals surface area contributed by atoms with Crippen LogP contribution in [0, 0.1) is 17.7 Å². The molecule has 6 atom stereocenters. The first-order valence-corrected chi connectivity index (χ1v) is 12.4. The number of hydrogen-bond acceptors (Lipinski definition) is 5. The third-order valence-electron chi connectivity index (χ3n) is 5.94. The van der Waals surface area contributed by atoms with Gasteiger partial charge in [-0.15, -0.1) is 27.7 Å². The fraction of sp³-hybridized carbons (Fsp3) is 0.391. The first-order valence-electron chi connectivity index (χ1n) is 10.6. The van der Waals surface area contributed by atoms with Crippen LogP contribution in [0.1, 0.15) is 20.3 Å². The molecule has 2 aromatic carbocycles. The lowest BCUT2D eigenvalue weighted by Crippen LogP contribution is -2.20. The molecular formula is C23H26BFNO4P3. The fourth-order valence-corrected chi connectivity index (χ4v) is 4.61. The number of ether oxygens (including phenoxy) is 2. The van der Waals surface area contributed by atoms with Gasteiger partial charge in [0.2, 0.25) is 11.7 Å². The summed E-state index contributed by atoms with van der Waals surface area (Å²) in [5, 5.41) is 0.869. The van der Waals surface area contributed by atoms with Crippen molar-refractivity contribution >= 4 is 57.8 Å². The summed E-state index contributed by atoms with van der Waals surface area (Å²) in [6.07, 6.45) is 1.11. The number of carbonyl (C=O) groups is 1. The van der Waals surface area contributed by atoms with E-state index in [1.165, 1.54) is 13.0 Å². The molecule has 2 radical (unpaired) electrons. The van der Waals surface area contributed by atoms with Gasteiger partial charge in [-0.2, -0.15) is 4.39 Å². The van der Waals surface area contributed by atoms with Crippen molar-refractivity contribution in [3.05, 3.63) is 36.1 Å². The van der Waals surface area contributed by atoms with Gasteiger partial charge >= 0.3 is 0 Å². The molecule has 10 heteroatoms. The second-order valence-corrected chi connectivity index (χ2v) is 12.2. The highest BCUT2D eigenvalue weighted by Crippen LogP contribution is 2.56. The lowest BCUT2D eigenvalue weighted by molar-refractivity contribution is -0.117. The van der Waals surface area contributed by atoms with Crippen molar-refractivity contribution in [2.75, 3.05) is 13.2 Å². The number of halogens is 1. The Morgan fingerprint density at radius 3 is 2.64 bits per heavy atom. The summed E-state index contributed by atoms with van der Waals surface area (Å²) >= 11 is 0. The molecule has 1 heterocycles. The standard InChI is InChI=1S/C23H26BFNO4P3/c1-11(19(24)12(2)27)9-28-17-6-4-15-21(20(17)25)30-22(26-15)13-3-5-16(18(31)7-13)29-10-14-8-23(14,32)33/h3-7,11,14,19H,8-10,31-33H2,1-2H3/t11-,14?,19-/m0/s1. The van der Waals surface area contributed by atoms with Gasteiger partial charge in [-0.25, -0.2) is 4.98 Å². The van der Waals surface area contributed by atoms with Crippen molar-refractivity contribution in [1.82, 2.24) is 4.98 Å². The van der Waals surface area contributed by atoms with Gasteiger partial charge in [-0.1, -0.05) is 6.92 Å². The maximum absolute atomic E-state index is 15.0. The molecule has 0 amide bonds. The van der Waals surface area contributed by atoms with Crippen molar-refractivity contribution in [3.8, 4) is 23.0 Å². The Morgan fingerprint density at radius 2 is 2.00 bits per heavy atom. The van der Waals surface area contributed by atoms with Crippen LogP contribution in [0.3, 0.4) is 0 Å². The van der Waals surface area contributed by atoms with E-state index in [9.17, 15) is 4.79 Å². The number of carbonyl (C=O) groups excluding carboxylic acids is 1. The Hall–Kier alpha value is -1.54. The van der Waals surface area contributed by atoms with Gasteiger partial charge < -0.3 is 18.7 Å². The first-order chi connectivity index (χ1) is 15.6. The molecule has 4 rings (SSSR count). The molecule has 0 spiro atoms. The molecule has 1 aliphatic carbocycles. The molecule has 1 saturated carbocycles. The van der Waals surface area contributed by atoms with Crippen molar-refractivity contribution < 1.29 is 23.1 Å². The van der Waals surface area contributed by atoms with Crippen LogP contribution in [0.5, 0.6) is 11.5 Å². The van der Waals surface area contributed by atoms with E-state index in [-0.39, 0.29) is 34.5 Å². The molecule has 5 nitrogen and oxygen atoms in total. The van der Waals surface area contributed by atoms with Gasteiger partial charge in [0.1, 0.15) is 17.0 Å². The molecule has 1 fully saturated rings. The molecule has 33 heavy (non-hydrogen) atoms. The van der Waals surface area contributed by atoms with Crippen molar-refractivity contribution in [2.24, 2.45) is 11.8 Å². The number of Topliss-reactive ketones (excluding diaryl/α,β-unsaturated/α-hetero) is 1. The van der Waals surface area contributed by atoms with Crippen molar-refractivity contribution in [2.45, 2.75) is 31.0 Å². The third kappa shape index (κ3) is 5.42. The maximum atomic E-state index is 15.0. The SMILES string of the molecule is [B][C@H](C(C)=O)[C@@H](C)COc1ccc2nc(-c3ccc(OCC4CC4(P)P)c(P)c3)oc2c1F. The highest BCUT2D eigenvalue weighted by molar-refractivity contribution is 7.40. The zero-order chi connectivity index (χ0) is 23.9. The molecule has 0 N–H and O–H groups in total. The summed E-state index contributed by atoms with van der Waals surface area (Å²) < 4.78 is 32.3. The lowest BCUT2D eigenvalue weighted by Gasteiger charge is -2.18. The predicted molar refractivity (Wildman–Crippen MR) is 139 cm³/mol. The number of nitrogens with zero attached hydrogens (tertiary/aromatic N) is 1. The number of ketones is 1. The third-order valence-corrected chi connectivity index (χ3v) is 7.81. The van der Waals surface area contributed by atoms with Crippen LogP contribution >= 0.6 is 27.7 Å². The minimum absolute atomic E-state index is 0.0163. The summed E-state index contributed by atoms with van der Waals surface area (Å²) in [4.78, 5) is 16.0. The number of fused-ring (bicyclic) bond motifs is 1. The maximum Gasteiger partial charge on any atom is 0.227 e. The van der Waals surface area contributed by atoms with E-state index in [1.54, 1.807) is 13.0 Å². The van der Waals surface area contributed by atoms with Gasteiger partial charge in [0.25, 0.3) is 0 Å². The summed E-state index contributed by atoms with van der Waals surface area (Å²) in [5.74, 6) is -0.0683. The van der Waals surface area contributed by atoms with Crippen LogP contribution in [-0.4, -0.2) is 36.7 Å². The lowest BCUT2D eigenvalue weighted by atomic mass is 9.75. The molecule has 4 unspecified atom stereocenters. The van der Waals surface area contributed by atoms with Crippen LogP contribution < -0.4 is 14.8 Å². The molecule has 172 valence electrons. The molecule has 0 saturated heterocycles. The van der Waals surface area contributed by atoms with Crippen molar-refractivity contribution in [3.63, 3.8) is 0 Å². The largest absolute Gasteiger partial charge is 0.493 e. The summed E-state index contributed by atoms with van der Waals surface area (Å²) in [5.41, 5.74) is 1.12. The number of rotatable bonds is 9. The van der Waals surface area contributed by atoms with Crippen molar-refractivity contribution in [1.29, 1.82) is 0 Å². The average Bonchev–Trinajstić information content (AvgIpc) is 3.17. The number of oxazole rings is 1. The highest BCUT2D eigenvalue weighted by atomic mass is 31.1. The monoisotopic (exact) mass is 503 g/mol. The molecule has 1 aromatic heterocycles. The number of hydrogen-bond donors (Lipinski definition) is 0. The topological polar surface area (TPSA) is 61.6 Å². The summed E-state index contributed by atoms with van der Waals surface area (Å²) in [7, 11) is 14.2. The van der Waals surface area contributed by atoms with Crippen LogP contribution in [-0.2, 0) is 4.79 Å². The van der Waals surface area contributed by atoms with Crippen LogP contribution in [0.15, 0.2) is 34.7 Å². The minimum atomic E-state index is -0.657. The van der Waals surface area contributed by atoms with Gasteiger partial charge in [0, 0.05) is 21.7 Å². The molecule has 1 aliphatic rings. The van der Waals surface area contributed by atoms with E-state index in [4.69, 9.17) is 21.7 Å². The zero-order valence-electron chi connectivity index (χ0n) is 18.5. The molecule has 3 aromatic rings. The van der Waals surface area contributed by atoms with E-state index in [0.29, 0.717) is 29.5 Å². The van der Waals surface area contributed by atoms with Gasteiger partial charge in [-0.05, 0) is 55.4 Å². The van der Waals surface area contributed by atoms with E-state index in [0.717, 1.165) is 17.5 Å². The van der Waals surface area contributed by atoms with Crippen LogP contribution in [0.25, 0.3) is 22.6 Å². The second-order valence-electron chi connectivity index (χ2n) is 8.75. The van der Waals surface area contributed by atoms with Crippen LogP contribution in [0.4, 0.5) is 4.39 Å². The Labute approximate surface area is 201 Å². The first kappa shape index (κ1) is 24.6.